The van der Waals surface area contributed by atoms with Crippen LogP contribution >= 0.6 is 0 Å². The number of nitrogens with zero attached hydrogens (tertiary/aromatic N) is 2. The van der Waals surface area contributed by atoms with Gasteiger partial charge in [0.05, 0.1) is 12.1 Å². The molecule has 1 amide bonds. The van der Waals surface area contributed by atoms with Gasteiger partial charge >= 0.3 is 6.09 Å². The molecular formula is C16H31N3O2. The van der Waals surface area contributed by atoms with Crippen LogP contribution in [-0.2, 0) is 4.74 Å². The Morgan fingerprint density at radius 1 is 1.33 bits per heavy atom. The molecule has 122 valence electrons. The molecule has 1 aliphatic carbocycles. The van der Waals surface area contributed by atoms with Gasteiger partial charge in [-0.3, -0.25) is 0 Å². The number of alkyl carbamates (subject to hydrolysis) is 1. The molecule has 2 aliphatic rings. The standard InChI is InChI=1S/C16H31N3O2/c1-13(2)19-9-7-16(8-10-19,12-18(3)4)17-15(20)21-11-14-5-6-14/h13-14H,5-12H2,1-4H3,(H,17,20). The first kappa shape index (κ1) is 16.6. The van der Waals surface area contributed by atoms with Gasteiger partial charge in [0.25, 0.3) is 0 Å². The van der Waals surface area contributed by atoms with Crippen molar-refractivity contribution in [2.24, 2.45) is 5.92 Å². The maximum absolute atomic E-state index is 12.1. The lowest BCUT2D eigenvalue weighted by molar-refractivity contribution is 0.0761. The summed E-state index contributed by atoms with van der Waals surface area (Å²) >= 11 is 0. The van der Waals surface area contributed by atoms with Crippen molar-refractivity contribution in [3.8, 4) is 0 Å². The van der Waals surface area contributed by atoms with Crippen LogP contribution in [0.15, 0.2) is 0 Å². The van der Waals surface area contributed by atoms with Crippen LogP contribution < -0.4 is 5.32 Å². The first-order valence-corrected chi connectivity index (χ1v) is 8.24. The number of rotatable bonds is 6. The topological polar surface area (TPSA) is 44.8 Å². The number of likely N-dealkylation sites (tertiary alicyclic amines) is 1. The van der Waals surface area contributed by atoms with Gasteiger partial charge in [-0.15, -0.1) is 0 Å². The first-order valence-electron chi connectivity index (χ1n) is 8.24. The van der Waals surface area contributed by atoms with Crippen molar-refractivity contribution in [3.63, 3.8) is 0 Å². The summed E-state index contributed by atoms with van der Waals surface area (Å²) in [6.07, 6.45) is 4.16. The highest BCUT2D eigenvalue weighted by atomic mass is 16.5. The minimum Gasteiger partial charge on any atom is -0.449 e. The molecule has 1 N–H and O–H groups in total. The monoisotopic (exact) mass is 297 g/mol. The summed E-state index contributed by atoms with van der Waals surface area (Å²) in [7, 11) is 4.13. The molecule has 2 rings (SSSR count). The molecule has 1 saturated heterocycles. The number of amides is 1. The number of hydrogen-bond donors (Lipinski definition) is 1. The van der Waals surface area contributed by atoms with Crippen LogP contribution in [0, 0.1) is 5.92 Å². The van der Waals surface area contributed by atoms with Crippen molar-refractivity contribution in [2.45, 2.75) is 51.1 Å². The van der Waals surface area contributed by atoms with E-state index < -0.39 is 0 Å². The molecule has 5 heteroatoms. The number of hydrogen-bond acceptors (Lipinski definition) is 4. The minimum absolute atomic E-state index is 0.143. The van der Waals surface area contributed by atoms with Crippen LogP contribution in [0.25, 0.3) is 0 Å². The van der Waals surface area contributed by atoms with Crippen molar-refractivity contribution in [2.75, 3.05) is 40.3 Å². The Labute approximate surface area is 129 Å². The van der Waals surface area contributed by atoms with E-state index >= 15 is 0 Å². The summed E-state index contributed by atoms with van der Waals surface area (Å²) in [5.74, 6) is 0.614. The molecule has 1 aliphatic heterocycles. The Kier molecular flexibility index (Phi) is 5.49. The van der Waals surface area contributed by atoms with E-state index in [1.165, 1.54) is 12.8 Å². The van der Waals surface area contributed by atoms with E-state index in [2.05, 4.69) is 43.1 Å². The molecule has 0 unspecified atom stereocenters. The fraction of sp³-hybridized carbons (Fsp3) is 0.938. The Morgan fingerprint density at radius 2 is 1.95 bits per heavy atom. The van der Waals surface area contributed by atoms with Crippen molar-refractivity contribution in [1.29, 1.82) is 0 Å². The van der Waals surface area contributed by atoms with Gasteiger partial charge in [-0.05, 0) is 59.5 Å². The van der Waals surface area contributed by atoms with Gasteiger partial charge in [0.2, 0.25) is 0 Å². The molecule has 1 saturated carbocycles. The molecule has 0 aromatic heterocycles. The fourth-order valence-corrected chi connectivity index (χ4v) is 3.13. The second kappa shape index (κ2) is 6.97. The maximum Gasteiger partial charge on any atom is 0.407 e. The van der Waals surface area contributed by atoms with Gasteiger partial charge in [0.1, 0.15) is 0 Å². The van der Waals surface area contributed by atoms with Crippen molar-refractivity contribution in [1.82, 2.24) is 15.1 Å². The lowest BCUT2D eigenvalue weighted by atomic mass is 9.86. The van der Waals surface area contributed by atoms with Crippen molar-refractivity contribution in [3.05, 3.63) is 0 Å². The summed E-state index contributed by atoms with van der Waals surface area (Å²) in [6, 6.07) is 0.573. The van der Waals surface area contributed by atoms with Crippen LogP contribution in [0.3, 0.4) is 0 Å². The highest BCUT2D eigenvalue weighted by Gasteiger charge is 2.37. The molecule has 21 heavy (non-hydrogen) atoms. The highest BCUT2D eigenvalue weighted by Crippen LogP contribution is 2.29. The zero-order valence-electron chi connectivity index (χ0n) is 14.0. The van der Waals surface area contributed by atoms with Gasteiger partial charge in [-0.2, -0.15) is 0 Å². The normalized spacial score (nSPS) is 22.6. The van der Waals surface area contributed by atoms with Crippen LogP contribution in [0.5, 0.6) is 0 Å². The average Bonchev–Trinajstić information content (AvgIpc) is 3.20. The molecule has 5 nitrogen and oxygen atoms in total. The van der Waals surface area contributed by atoms with Crippen molar-refractivity contribution < 1.29 is 9.53 Å². The van der Waals surface area contributed by atoms with E-state index in [4.69, 9.17) is 4.74 Å². The molecule has 0 radical (unpaired) electrons. The second-order valence-electron chi connectivity index (χ2n) is 7.31. The van der Waals surface area contributed by atoms with E-state index in [1.54, 1.807) is 0 Å². The zero-order valence-corrected chi connectivity index (χ0v) is 14.0. The highest BCUT2D eigenvalue weighted by molar-refractivity contribution is 5.68. The number of likely N-dealkylation sites (N-methyl/N-ethyl adjacent to an activating group) is 1. The van der Waals surface area contributed by atoms with Crippen LogP contribution in [0.1, 0.15) is 39.5 Å². The number of piperidine rings is 1. The number of carbonyl (C=O) groups excluding carboxylic acids is 1. The minimum atomic E-state index is -0.234. The summed E-state index contributed by atoms with van der Waals surface area (Å²) in [5, 5.41) is 3.18. The Balaban J connectivity index is 1.88. The molecule has 0 bridgehead atoms. The van der Waals surface area contributed by atoms with Crippen LogP contribution in [0.4, 0.5) is 4.79 Å². The van der Waals surface area contributed by atoms with E-state index in [1.807, 2.05) is 0 Å². The third-order valence-corrected chi connectivity index (χ3v) is 4.62. The third-order valence-electron chi connectivity index (χ3n) is 4.62. The summed E-state index contributed by atoms with van der Waals surface area (Å²) in [5.41, 5.74) is -0.143. The average molecular weight is 297 g/mol. The Hall–Kier alpha value is -0.810. The number of ether oxygens (including phenoxy) is 1. The fourth-order valence-electron chi connectivity index (χ4n) is 3.13. The van der Waals surface area contributed by atoms with E-state index in [0.717, 1.165) is 32.5 Å². The second-order valence-corrected chi connectivity index (χ2v) is 7.31. The summed E-state index contributed by atoms with van der Waals surface area (Å²) in [4.78, 5) is 16.7. The zero-order chi connectivity index (χ0) is 15.5. The summed E-state index contributed by atoms with van der Waals surface area (Å²) in [6.45, 7) is 7.99. The van der Waals surface area contributed by atoms with Crippen LogP contribution in [-0.4, -0.2) is 67.8 Å². The van der Waals surface area contributed by atoms with Gasteiger partial charge < -0.3 is 19.9 Å². The molecule has 2 fully saturated rings. The SMILES string of the molecule is CC(C)N1CCC(CN(C)C)(NC(=O)OCC2CC2)CC1. The number of carbonyl (C=O) groups is 1. The van der Waals surface area contributed by atoms with Crippen molar-refractivity contribution >= 4 is 6.09 Å². The van der Waals surface area contributed by atoms with E-state index in [0.29, 0.717) is 18.6 Å². The maximum atomic E-state index is 12.1. The van der Waals surface area contributed by atoms with E-state index in [-0.39, 0.29) is 11.6 Å². The molecule has 0 aromatic rings. The van der Waals surface area contributed by atoms with Gasteiger partial charge in [-0.25, -0.2) is 4.79 Å². The van der Waals surface area contributed by atoms with E-state index in [9.17, 15) is 4.79 Å². The summed E-state index contributed by atoms with van der Waals surface area (Å²) < 4.78 is 5.37. The molecule has 0 atom stereocenters. The van der Waals surface area contributed by atoms with Gasteiger partial charge in [-0.1, -0.05) is 0 Å². The quantitative estimate of drug-likeness (QED) is 0.813. The first-order chi connectivity index (χ1) is 9.90. The number of nitrogens with one attached hydrogen (secondary N) is 1. The van der Waals surface area contributed by atoms with Crippen LogP contribution in [0.2, 0.25) is 0 Å². The lowest BCUT2D eigenvalue weighted by Gasteiger charge is -2.44. The lowest BCUT2D eigenvalue weighted by Crippen LogP contribution is -2.60. The van der Waals surface area contributed by atoms with Gasteiger partial charge in [0, 0.05) is 25.7 Å². The largest absolute Gasteiger partial charge is 0.449 e. The predicted octanol–water partition coefficient (Wildman–Crippen LogP) is 1.93. The Morgan fingerprint density at radius 3 is 2.43 bits per heavy atom. The van der Waals surface area contributed by atoms with Gasteiger partial charge in [0.15, 0.2) is 0 Å². The molecular weight excluding hydrogens is 266 g/mol. The molecule has 0 spiro atoms. The Bertz CT molecular complexity index is 345. The predicted molar refractivity (Wildman–Crippen MR) is 84.4 cm³/mol. The molecule has 0 aromatic carbocycles. The smallest absolute Gasteiger partial charge is 0.407 e. The third kappa shape index (κ3) is 5.15. The molecule has 1 heterocycles.